The molecule has 0 bridgehead atoms. The highest BCUT2D eigenvalue weighted by Crippen LogP contribution is 2.39. The largest absolute Gasteiger partial charge is 0.480 e. The Morgan fingerprint density at radius 3 is 2.78 bits per heavy atom. The summed E-state index contributed by atoms with van der Waals surface area (Å²) in [6, 6.07) is 0. The lowest BCUT2D eigenvalue weighted by Gasteiger charge is -2.32. The van der Waals surface area contributed by atoms with Crippen LogP contribution >= 0.6 is 11.8 Å². The maximum absolute atomic E-state index is 11.7. The summed E-state index contributed by atoms with van der Waals surface area (Å²) in [7, 11) is 0. The van der Waals surface area contributed by atoms with Crippen molar-refractivity contribution in [1.82, 2.24) is 5.32 Å². The van der Waals surface area contributed by atoms with E-state index in [4.69, 9.17) is 0 Å². The molecule has 0 aliphatic heterocycles. The van der Waals surface area contributed by atoms with Gasteiger partial charge in [-0.05, 0) is 56.1 Å². The molecule has 0 aromatic carbocycles. The van der Waals surface area contributed by atoms with Crippen molar-refractivity contribution in [2.75, 3.05) is 18.1 Å². The van der Waals surface area contributed by atoms with Gasteiger partial charge in [0, 0.05) is 0 Å². The van der Waals surface area contributed by atoms with Gasteiger partial charge in [0.1, 0.15) is 5.54 Å². The molecule has 2 unspecified atom stereocenters. The topological polar surface area (TPSA) is 49.3 Å². The highest BCUT2D eigenvalue weighted by Gasteiger charge is 2.48. The lowest BCUT2D eigenvalue weighted by Crippen LogP contribution is -2.55. The van der Waals surface area contributed by atoms with Crippen LogP contribution in [0.4, 0.5) is 0 Å². The zero-order valence-electron chi connectivity index (χ0n) is 11.7. The number of carbonyl (C=O) groups is 1. The van der Waals surface area contributed by atoms with Crippen molar-refractivity contribution in [3.8, 4) is 0 Å². The molecule has 18 heavy (non-hydrogen) atoms. The van der Waals surface area contributed by atoms with Crippen molar-refractivity contribution in [2.45, 2.75) is 57.9 Å². The van der Waals surface area contributed by atoms with E-state index in [0.717, 1.165) is 44.4 Å². The number of hydrogen-bond acceptors (Lipinski definition) is 3. The molecule has 1 aliphatic rings. The van der Waals surface area contributed by atoms with Crippen molar-refractivity contribution < 1.29 is 9.90 Å². The zero-order valence-corrected chi connectivity index (χ0v) is 12.5. The van der Waals surface area contributed by atoms with Crippen LogP contribution in [0.15, 0.2) is 0 Å². The first kappa shape index (κ1) is 15.8. The minimum atomic E-state index is -0.640. The van der Waals surface area contributed by atoms with Gasteiger partial charge in [-0.2, -0.15) is 11.8 Å². The molecule has 1 saturated carbocycles. The number of carboxylic acids is 1. The number of nitrogens with one attached hydrogen (secondary N) is 1. The molecule has 0 saturated heterocycles. The number of carboxylic acid groups (broad SMARTS) is 1. The van der Waals surface area contributed by atoms with E-state index in [0.29, 0.717) is 5.92 Å². The average molecular weight is 273 g/mol. The van der Waals surface area contributed by atoms with Gasteiger partial charge < -0.3 is 10.4 Å². The predicted molar refractivity (Wildman–Crippen MR) is 78.2 cm³/mol. The summed E-state index contributed by atoms with van der Waals surface area (Å²) in [5.74, 6) is 1.96. The van der Waals surface area contributed by atoms with E-state index in [-0.39, 0.29) is 0 Å². The van der Waals surface area contributed by atoms with Crippen molar-refractivity contribution in [1.29, 1.82) is 0 Å². The third-order valence-electron chi connectivity index (χ3n) is 3.85. The summed E-state index contributed by atoms with van der Waals surface area (Å²) in [5.41, 5.74) is -0.636. The summed E-state index contributed by atoms with van der Waals surface area (Å²) < 4.78 is 0. The molecule has 3 nitrogen and oxygen atoms in total. The maximum atomic E-state index is 11.7. The summed E-state index contributed by atoms with van der Waals surface area (Å²) in [6.45, 7) is 5.08. The minimum absolute atomic E-state index is 0.311. The molecular formula is C14H27NO2S. The Kier molecular flexibility index (Phi) is 7.08. The fourth-order valence-corrected chi connectivity index (χ4v) is 3.82. The molecule has 2 atom stereocenters. The molecule has 0 spiro atoms. The standard InChI is InChI=1S/C14H27NO2S/c1-3-9-15-14(13(16)17)8-5-6-12(14)7-11-18-10-4-2/h12,15H,3-11H2,1-2H3,(H,16,17). The van der Waals surface area contributed by atoms with E-state index >= 15 is 0 Å². The molecule has 0 aromatic heterocycles. The van der Waals surface area contributed by atoms with E-state index in [1.165, 1.54) is 12.2 Å². The first-order valence-corrected chi connectivity index (χ1v) is 8.39. The molecule has 0 amide bonds. The van der Waals surface area contributed by atoms with Crippen molar-refractivity contribution in [3.05, 3.63) is 0 Å². The summed E-state index contributed by atoms with van der Waals surface area (Å²) in [5, 5.41) is 12.9. The number of hydrogen-bond donors (Lipinski definition) is 2. The number of aliphatic carboxylic acids is 1. The third-order valence-corrected chi connectivity index (χ3v) is 5.07. The van der Waals surface area contributed by atoms with Crippen LogP contribution in [-0.4, -0.2) is 34.7 Å². The van der Waals surface area contributed by atoms with E-state index < -0.39 is 11.5 Å². The van der Waals surface area contributed by atoms with E-state index in [1.54, 1.807) is 0 Å². The first-order valence-electron chi connectivity index (χ1n) is 7.23. The summed E-state index contributed by atoms with van der Waals surface area (Å²) in [6.07, 6.45) is 6.14. The first-order chi connectivity index (χ1) is 8.67. The number of rotatable bonds is 9. The fraction of sp³-hybridized carbons (Fsp3) is 0.929. The Morgan fingerprint density at radius 1 is 1.39 bits per heavy atom. The summed E-state index contributed by atoms with van der Waals surface area (Å²) >= 11 is 1.96. The van der Waals surface area contributed by atoms with E-state index in [2.05, 4.69) is 19.2 Å². The van der Waals surface area contributed by atoms with Crippen LogP contribution in [0.3, 0.4) is 0 Å². The number of thioether (sulfide) groups is 1. The van der Waals surface area contributed by atoms with Gasteiger partial charge in [0.25, 0.3) is 0 Å². The highest BCUT2D eigenvalue weighted by molar-refractivity contribution is 7.99. The van der Waals surface area contributed by atoms with Gasteiger partial charge in [0.15, 0.2) is 0 Å². The van der Waals surface area contributed by atoms with Gasteiger partial charge in [-0.25, -0.2) is 0 Å². The second kappa shape index (κ2) is 8.05. The lowest BCUT2D eigenvalue weighted by atomic mass is 9.85. The van der Waals surface area contributed by atoms with Gasteiger partial charge in [-0.3, -0.25) is 4.79 Å². The van der Waals surface area contributed by atoms with Crippen molar-refractivity contribution in [3.63, 3.8) is 0 Å². The summed E-state index contributed by atoms with van der Waals surface area (Å²) in [4.78, 5) is 11.7. The van der Waals surface area contributed by atoms with Crippen LogP contribution in [0.5, 0.6) is 0 Å². The fourth-order valence-electron chi connectivity index (χ4n) is 2.88. The molecule has 0 radical (unpaired) electrons. The highest BCUT2D eigenvalue weighted by atomic mass is 32.2. The second-order valence-corrected chi connectivity index (χ2v) is 6.42. The Morgan fingerprint density at radius 2 is 2.17 bits per heavy atom. The Hall–Kier alpha value is -0.220. The second-order valence-electron chi connectivity index (χ2n) is 5.19. The molecule has 4 heteroatoms. The lowest BCUT2D eigenvalue weighted by molar-refractivity contribution is -0.146. The molecular weight excluding hydrogens is 246 g/mol. The molecule has 106 valence electrons. The Labute approximate surface area is 115 Å². The predicted octanol–water partition coefficient (Wildman–Crippen LogP) is 3.14. The molecule has 0 aromatic rings. The van der Waals surface area contributed by atoms with Crippen molar-refractivity contribution in [2.24, 2.45) is 5.92 Å². The smallest absolute Gasteiger partial charge is 0.324 e. The van der Waals surface area contributed by atoms with Crippen molar-refractivity contribution >= 4 is 17.7 Å². The van der Waals surface area contributed by atoms with Crippen LogP contribution in [0.25, 0.3) is 0 Å². The molecule has 0 heterocycles. The molecule has 1 rings (SSSR count). The van der Waals surface area contributed by atoms with Gasteiger partial charge in [-0.1, -0.05) is 20.3 Å². The normalized spacial score (nSPS) is 27.6. The zero-order chi connectivity index (χ0) is 13.4. The minimum Gasteiger partial charge on any atom is -0.480 e. The van der Waals surface area contributed by atoms with Gasteiger partial charge in [0.2, 0.25) is 0 Å². The van der Waals surface area contributed by atoms with E-state index in [9.17, 15) is 9.90 Å². The third kappa shape index (κ3) is 3.89. The Balaban J connectivity index is 2.54. The quantitative estimate of drug-likeness (QED) is 0.634. The SMILES string of the molecule is CCCNC1(C(=O)O)CCCC1CCSCCC. The monoisotopic (exact) mass is 273 g/mol. The van der Waals surface area contributed by atoms with Crippen LogP contribution in [0.2, 0.25) is 0 Å². The molecule has 1 aliphatic carbocycles. The van der Waals surface area contributed by atoms with Crippen LogP contribution in [-0.2, 0) is 4.79 Å². The van der Waals surface area contributed by atoms with Crippen LogP contribution in [0, 0.1) is 5.92 Å². The maximum Gasteiger partial charge on any atom is 0.324 e. The van der Waals surface area contributed by atoms with Gasteiger partial charge >= 0.3 is 5.97 Å². The molecule has 1 fully saturated rings. The van der Waals surface area contributed by atoms with Gasteiger partial charge in [-0.15, -0.1) is 0 Å². The average Bonchev–Trinajstić information content (AvgIpc) is 2.76. The van der Waals surface area contributed by atoms with Crippen LogP contribution in [0.1, 0.15) is 52.4 Å². The van der Waals surface area contributed by atoms with Gasteiger partial charge in [0.05, 0.1) is 0 Å². The van der Waals surface area contributed by atoms with E-state index in [1.807, 2.05) is 11.8 Å². The van der Waals surface area contributed by atoms with Crippen LogP contribution < -0.4 is 5.32 Å². The molecule has 2 N–H and O–H groups in total. The Bertz CT molecular complexity index is 260.